The average molecular weight is 648 g/mol. The summed E-state index contributed by atoms with van der Waals surface area (Å²) < 4.78 is 6.62. The van der Waals surface area contributed by atoms with E-state index in [-0.39, 0.29) is 10.7 Å². The number of carboxylic acids is 1. The summed E-state index contributed by atoms with van der Waals surface area (Å²) in [6, 6.07) is 10.7. The third-order valence-electron chi connectivity index (χ3n) is 4.13. The Balaban J connectivity index is 1.99. The zero-order valence-electron chi connectivity index (χ0n) is 15.4. The van der Waals surface area contributed by atoms with E-state index in [9.17, 15) is 14.4 Å². The van der Waals surface area contributed by atoms with Crippen LogP contribution in [0.1, 0.15) is 11.1 Å². The normalized spacial score (nSPS) is 15.4. The molecule has 2 aromatic rings. The molecule has 2 amide bonds. The number of ether oxygens (including phenoxy) is 1. The first-order chi connectivity index (χ1) is 14.2. The average Bonchev–Trinajstić information content (AvgIpc) is 2.65. The smallest absolute Gasteiger partial charge is 0.341 e. The Labute approximate surface area is 204 Å². The lowest BCUT2D eigenvalue weighted by atomic mass is 10.1. The molecule has 7 nitrogen and oxygen atoms in total. The summed E-state index contributed by atoms with van der Waals surface area (Å²) in [6.45, 7) is 1.39. The van der Waals surface area contributed by atoms with Gasteiger partial charge < -0.3 is 9.84 Å². The van der Waals surface area contributed by atoms with Crippen LogP contribution in [0.3, 0.4) is 0 Å². The van der Waals surface area contributed by atoms with E-state index in [4.69, 9.17) is 22.1 Å². The van der Waals surface area contributed by atoms with Gasteiger partial charge in [-0.2, -0.15) is 0 Å². The fourth-order valence-corrected chi connectivity index (χ4v) is 5.19. The molecule has 2 N–H and O–H groups in total. The SMILES string of the molecule is Cc1ccccc1N1C(=O)/C(=C/c2cc(I)c(OCC(=O)O)c(I)c2)C(=O)NC1=S. The van der Waals surface area contributed by atoms with Crippen molar-refractivity contribution in [3.8, 4) is 5.75 Å². The van der Waals surface area contributed by atoms with Crippen molar-refractivity contribution >= 4 is 92.1 Å². The van der Waals surface area contributed by atoms with E-state index in [0.29, 0.717) is 24.1 Å². The Morgan fingerprint density at radius 1 is 1.23 bits per heavy atom. The number of carbonyl (C=O) groups excluding carboxylic acids is 2. The minimum Gasteiger partial charge on any atom is -0.480 e. The number of nitrogens with one attached hydrogen (secondary N) is 1. The molecule has 0 aromatic heterocycles. The number of benzene rings is 2. The van der Waals surface area contributed by atoms with Crippen LogP contribution < -0.4 is 15.0 Å². The molecule has 0 spiro atoms. The summed E-state index contributed by atoms with van der Waals surface area (Å²) >= 11 is 9.26. The fraction of sp³-hybridized carbons (Fsp3) is 0.100. The van der Waals surface area contributed by atoms with Gasteiger partial charge in [0.05, 0.1) is 12.8 Å². The molecule has 0 radical (unpaired) electrons. The summed E-state index contributed by atoms with van der Waals surface area (Å²) in [5, 5.41) is 11.4. The highest BCUT2D eigenvalue weighted by atomic mass is 127. The zero-order chi connectivity index (χ0) is 22.0. The van der Waals surface area contributed by atoms with Crippen molar-refractivity contribution in [2.45, 2.75) is 6.92 Å². The van der Waals surface area contributed by atoms with E-state index in [2.05, 4.69) is 5.32 Å². The van der Waals surface area contributed by atoms with Gasteiger partial charge in [0.2, 0.25) is 0 Å². The largest absolute Gasteiger partial charge is 0.480 e. The molecule has 3 rings (SSSR count). The predicted octanol–water partition coefficient (Wildman–Crippen LogP) is 3.50. The molecule has 1 aliphatic rings. The molecule has 1 aliphatic heterocycles. The molecular weight excluding hydrogens is 634 g/mol. The minimum atomic E-state index is -1.08. The molecule has 0 saturated carbocycles. The second-order valence-corrected chi connectivity index (χ2v) is 8.95. The second kappa shape index (κ2) is 9.39. The molecule has 1 saturated heterocycles. The van der Waals surface area contributed by atoms with E-state index in [1.165, 1.54) is 11.0 Å². The van der Waals surface area contributed by atoms with E-state index >= 15 is 0 Å². The van der Waals surface area contributed by atoms with Crippen molar-refractivity contribution in [1.82, 2.24) is 5.32 Å². The van der Waals surface area contributed by atoms with Crippen molar-refractivity contribution in [1.29, 1.82) is 0 Å². The molecule has 0 aliphatic carbocycles. The van der Waals surface area contributed by atoms with Gasteiger partial charge in [-0.25, -0.2) is 4.79 Å². The number of rotatable bonds is 5. The van der Waals surface area contributed by atoms with Gasteiger partial charge in [0.1, 0.15) is 11.3 Å². The van der Waals surface area contributed by atoms with Crippen LogP contribution in [0.25, 0.3) is 6.08 Å². The summed E-state index contributed by atoms with van der Waals surface area (Å²) in [5.41, 5.74) is 1.98. The predicted molar refractivity (Wildman–Crippen MR) is 132 cm³/mol. The quantitative estimate of drug-likeness (QED) is 0.223. The van der Waals surface area contributed by atoms with E-state index in [1.54, 1.807) is 24.3 Å². The van der Waals surface area contributed by atoms with Crippen LogP contribution in [0, 0.1) is 14.1 Å². The van der Waals surface area contributed by atoms with Crippen LogP contribution in [0.15, 0.2) is 42.0 Å². The first kappa shape index (κ1) is 22.6. The standard InChI is InChI=1S/C20H14I2N2O5S/c1-10-4-2-3-5-15(10)24-19(28)12(18(27)23-20(24)30)6-11-7-13(21)17(14(22)8-11)29-9-16(25)26/h2-8H,9H2,1H3,(H,25,26)(H,23,27,30)/b12-6+. The summed E-state index contributed by atoms with van der Waals surface area (Å²) in [5.74, 6) is -1.74. The van der Waals surface area contributed by atoms with Crippen LogP contribution in [0.5, 0.6) is 5.75 Å². The number of aryl methyl sites for hydroxylation is 1. The van der Waals surface area contributed by atoms with Crippen molar-refractivity contribution < 1.29 is 24.2 Å². The number of hydrogen-bond acceptors (Lipinski definition) is 5. The molecule has 0 bridgehead atoms. The third-order valence-corrected chi connectivity index (χ3v) is 6.02. The monoisotopic (exact) mass is 648 g/mol. The Morgan fingerprint density at radius 2 is 1.87 bits per heavy atom. The van der Waals surface area contributed by atoms with E-state index < -0.39 is 24.4 Å². The van der Waals surface area contributed by atoms with Crippen molar-refractivity contribution in [3.63, 3.8) is 0 Å². The van der Waals surface area contributed by atoms with Gasteiger partial charge in [-0.05, 0) is 99.7 Å². The Kier molecular flexibility index (Phi) is 7.08. The number of halogens is 2. The van der Waals surface area contributed by atoms with E-state index in [0.717, 1.165) is 5.56 Å². The Bertz CT molecular complexity index is 1090. The van der Waals surface area contributed by atoms with Gasteiger partial charge in [0.25, 0.3) is 11.8 Å². The Hall–Kier alpha value is -2.06. The number of carbonyl (C=O) groups is 3. The number of aliphatic carboxylic acids is 1. The summed E-state index contributed by atoms with van der Waals surface area (Å²) in [6.07, 6.45) is 1.48. The van der Waals surface area contributed by atoms with Gasteiger partial charge in [0, 0.05) is 0 Å². The molecule has 10 heteroatoms. The lowest BCUT2D eigenvalue weighted by molar-refractivity contribution is -0.139. The number of anilines is 1. The number of para-hydroxylation sites is 1. The maximum absolute atomic E-state index is 13.1. The van der Waals surface area contributed by atoms with Gasteiger partial charge in [0.15, 0.2) is 11.7 Å². The maximum Gasteiger partial charge on any atom is 0.341 e. The number of carboxylic acid groups (broad SMARTS) is 1. The molecular formula is C20H14I2N2O5S. The topological polar surface area (TPSA) is 95.9 Å². The molecule has 1 fully saturated rings. The third kappa shape index (κ3) is 4.81. The fourth-order valence-electron chi connectivity index (χ4n) is 2.79. The lowest BCUT2D eigenvalue weighted by Crippen LogP contribution is -2.54. The molecule has 154 valence electrons. The number of hydrogen-bond donors (Lipinski definition) is 2. The highest BCUT2D eigenvalue weighted by molar-refractivity contribution is 14.1. The van der Waals surface area contributed by atoms with Crippen LogP contribution in [0.2, 0.25) is 0 Å². The van der Waals surface area contributed by atoms with Crippen LogP contribution in [-0.2, 0) is 14.4 Å². The molecule has 30 heavy (non-hydrogen) atoms. The van der Waals surface area contributed by atoms with Crippen LogP contribution >= 0.6 is 57.4 Å². The summed E-state index contributed by atoms with van der Waals surface area (Å²) in [4.78, 5) is 37.7. The van der Waals surface area contributed by atoms with E-state index in [1.807, 2.05) is 64.2 Å². The van der Waals surface area contributed by atoms with Crippen molar-refractivity contribution in [2.75, 3.05) is 11.5 Å². The minimum absolute atomic E-state index is 0.0260. The highest BCUT2D eigenvalue weighted by Crippen LogP contribution is 2.31. The van der Waals surface area contributed by atoms with Crippen LogP contribution in [-0.4, -0.2) is 34.6 Å². The number of amides is 2. The Morgan fingerprint density at radius 3 is 2.47 bits per heavy atom. The van der Waals surface area contributed by atoms with Gasteiger partial charge in [-0.3, -0.25) is 19.8 Å². The lowest BCUT2D eigenvalue weighted by Gasteiger charge is -2.30. The zero-order valence-corrected chi connectivity index (χ0v) is 20.6. The number of thiocarbonyl (C=S) groups is 1. The first-order valence-electron chi connectivity index (χ1n) is 8.49. The van der Waals surface area contributed by atoms with Gasteiger partial charge in [-0.1, -0.05) is 18.2 Å². The molecule has 0 atom stereocenters. The van der Waals surface area contributed by atoms with Gasteiger partial charge in [-0.15, -0.1) is 0 Å². The highest BCUT2D eigenvalue weighted by Gasteiger charge is 2.35. The second-order valence-electron chi connectivity index (χ2n) is 6.24. The van der Waals surface area contributed by atoms with Gasteiger partial charge >= 0.3 is 5.97 Å². The van der Waals surface area contributed by atoms with Crippen LogP contribution in [0.4, 0.5) is 5.69 Å². The molecule has 2 aromatic carbocycles. The number of nitrogens with zero attached hydrogens (tertiary/aromatic N) is 1. The molecule has 1 heterocycles. The maximum atomic E-state index is 13.1. The summed E-state index contributed by atoms with van der Waals surface area (Å²) in [7, 11) is 0. The van der Waals surface area contributed by atoms with Crippen molar-refractivity contribution in [3.05, 3.63) is 60.2 Å². The van der Waals surface area contributed by atoms with Crippen molar-refractivity contribution in [2.24, 2.45) is 0 Å². The first-order valence-corrected chi connectivity index (χ1v) is 11.1. The molecule has 0 unspecified atom stereocenters.